The van der Waals surface area contributed by atoms with Crippen LogP contribution in [0.2, 0.25) is 5.02 Å². The fourth-order valence-corrected chi connectivity index (χ4v) is 4.02. The van der Waals surface area contributed by atoms with Gasteiger partial charge in [-0.25, -0.2) is 4.79 Å². The largest absolute Gasteiger partial charge is 0.493 e. The van der Waals surface area contributed by atoms with E-state index in [0.29, 0.717) is 32.6 Å². The summed E-state index contributed by atoms with van der Waals surface area (Å²) in [6, 6.07) is 11.2. The topological polar surface area (TPSA) is 94.2 Å². The molecule has 0 unspecified atom stereocenters. The second-order valence-corrected chi connectivity index (χ2v) is 8.58. The number of thioether (sulfide) groups is 1. The van der Waals surface area contributed by atoms with Crippen LogP contribution in [0.1, 0.15) is 22.8 Å². The number of thiocarbonyl (C=S) groups is 1. The zero-order chi connectivity index (χ0) is 24.0. The Labute approximate surface area is 204 Å². The maximum atomic E-state index is 12.8. The zero-order valence-electron chi connectivity index (χ0n) is 17.6. The third kappa shape index (κ3) is 6.25. The van der Waals surface area contributed by atoms with Crippen molar-refractivity contribution in [2.45, 2.75) is 6.92 Å². The number of carbonyl (C=O) groups excluding carboxylic acids is 3. The van der Waals surface area contributed by atoms with E-state index < -0.39 is 17.8 Å². The van der Waals surface area contributed by atoms with Gasteiger partial charge in [-0.3, -0.25) is 15.0 Å². The molecule has 0 aromatic heterocycles. The van der Waals surface area contributed by atoms with Gasteiger partial charge in [0.25, 0.3) is 11.8 Å². The van der Waals surface area contributed by atoms with Crippen LogP contribution in [0.15, 0.2) is 47.4 Å². The highest BCUT2D eigenvalue weighted by Gasteiger charge is 2.33. The SMILES string of the molecule is CCOC(=O)COc1cc(/C=C2\SC(=S)N(NC(=O)c3ccc(Cl)cc3)C2=O)ccc1OC. The van der Waals surface area contributed by atoms with Gasteiger partial charge in [0.1, 0.15) is 0 Å². The third-order valence-corrected chi connectivity index (χ3v) is 5.80. The van der Waals surface area contributed by atoms with E-state index >= 15 is 0 Å². The van der Waals surface area contributed by atoms with E-state index in [2.05, 4.69) is 5.43 Å². The Balaban J connectivity index is 1.75. The summed E-state index contributed by atoms with van der Waals surface area (Å²) in [6.45, 7) is 1.66. The van der Waals surface area contributed by atoms with Gasteiger partial charge in [0.2, 0.25) is 0 Å². The molecule has 2 aromatic carbocycles. The molecule has 0 aliphatic carbocycles. The number of rotatable bonds is 8. The number of carbonyl (C=O) groups is 3. The number of amides is 2. The minimum Gasteiger partial charge on any atom is -0.493 e. The molecule has 3 rings (SSSR count). The molecule has 1 aliphatic rings. The maximum Gasteiger partial charge on any atom is 0.344 e. The van der Waals surface area contributed by atoms with Crippen LogP contribution in [0.4, 0.5) is 0 Å². The van der Waals surface area contributed by atoms with Crippen LogP contribution in [-0.4, -0.2) is 47.4 Å². The van der Waals surface area contributed by atoms with Crippen molar-refractivity contribution >= 4 is 63.8 Å². The lowest BCUT2D eigenvalue weighted by atomic mass is 10.2. The molecule has 11 heteroatoms. The quantitative estimate of drug-likeness (QED) is 0.328. The number of hydrazine groups is 1. The standard InChI is InChI=1S/C22H19ClN2O6S2/c1-3-30-19(26)12-31-17-10-13(4-9-16(17)29-2)11-18-21(28)25(22(32)33-18)24-20(27)14-5-7-15(23)8-6-14/h4-11H,3,12H2,1-2H3,(H,24,27)/b18-11-. The molecular weight excluding hydrogens is 488 g/mol. The van der Waals surface area contributed by atoms with E-state index in [1.54, 1.807) is 55.5 Å². The molecule has 1 fully saturated rings. The lowest BCUT2D eigenvalue weighted by molar-refractivity contribution is -0.145. The molecule has 0 saturated carbocycles. The highest BCUT2D eigenvalue weighted by molar-refractivity contribution is 8.26. The van der Waals surface area contributed by atoms with Crippen molar-refractivity contribution in [2.24, 2.45) is 0 Å². The Bertz CT molecular complexity index is 1120. The molecule has 1 aliphatic heterocycles. The molecule has 1 saturated heterocycles. The molecule has 2 amide bonds. The lowest BCUT2D eigenvalue weighted by Gasteiger charge is -2.15. The Morgan fingerprint density at radius 1 is 1.18 bits per heavy atom. The second kappa shape index (κ2) is 11.2. The predicted molar refractivity (Wildman–Crippen MR) is 129 cm³/mol. The number of esters is 1. The first-order chi connectivity index (χ1) is 15.8. The Morgan fingerprint density at radius 2 is 1.91 bits per heavy atom. The Kier molecular flexibility index (Phi) is 8.32. The number of methoxy groups -OCH3 is 1. The summed E-state index contributed by atoms with van der Waals surface area (Å²) in [5.41, 5.74) is 3.45. The molecule has 0 bridgehead atoms. The van der Waals surface area contributed by atoms with Crippen molar-refractivity contribution in [1.29, 1.82) is 0 Å². The number of hydrogen-bond donors (Lipinski definition) is 1. The predicted octanol–water partition coefficient (Wildman–Crippen LogP) is 3.84. The second-order valence-electron chi connectivity index (χ2n) is 6.47. The van der Waals surface area contributed by atoms with Crippen molar-refractivity contribution in [2.75, 3.05) is 20.3 Å². The number of nitrogens with zero attached hydrogens (tertiary/aromatic N) is 1. The molecular formula is C22H19ClN2O6S2. The monoisotopic (exact) mass is 506 g/mol. The van der Waals surface area contributed by atoms with Crippen molar-refractivity contribution in [3.8, 4) is 11.5 Å². The first-order valence-corrected chi connectivity index (χ1v) is 11.2. The van der Waals surface area contributed by atoms with Crippen LogP contribution < -0.4 is 14.9 Å². The van der Waals surface area contributed by atoms with Crippen LogP contribution in [0.5, 0.6) is 11.5 Å². The highest BCUT2D eigenvalue weighted by atomic mass is 35.5. The van der Waals surface area contributed by atoms with Crippen molar-refractivity contribution in [1.82, 2.24) is 10.4 Å². The summed E-state index contributed by atoms with van der Waals surface area (Å²) in [5, 5.41) is 1.51. The number of ether oxygens (including phenoxy) is 3. The summed E-state index contributed by atoms with van der Waals surface area (Å²) >= 11 is 12.1. The summed E-state index contributed by atoms with van der Waals surface area (Å²) in [6.07, 6.45) is 1.60. The van der Waals surface area contributed by atoms with Crippen LogP contribution in [0.3, 0.4) is 0 Å². The molecule has 1 N–H and O–H groups in total. The van der Waals surface area contributed by atoms with Gasteiger partial charge in [-0.05, 0) is 67.2 Å². The van der Waals surface area contributed by atoms with E-state index in [9.17, 15) is 14.4 Å². The van der Waals surface area contributed by atoms with E-state index in [1.807, 2.05) is 0 Å². The molecule has 33 heavy (non-hydrogen) atoms. The van der Waals surface area contributed by atoms with Gasteiger partial charge in [-0.15, -0.1) is 0 Å². The minimum absolute atomic E-state index is 0.181. The molecule has 172 valence electrons. The number of nitrogens with one attached hydrogen (secondary N) is 1. The number of halogens is 1. The molecule has 0 spiro atoms. The van der Waals surface area contributed by atoms with E-state index in [1.165, 1.54) is 7.11 Å². The summed E-state index contributed by atoms with van der Waals surface area (Å²) in [5.74, 6) is -0.757. The number of benzene rings is 2. The maximum absolute atomic E-state index is 12.8. The van der Waals surface area contributed by atoms with Crippen molar-refractivity contribution < 1.29 is 28.6 Å². The van der Waals surface area contributed by atoms with Crippen LogP contribution in [0.25, 0.3) is 6.08 Å². The molecule has 8 nitrogen and oxygen atoms in total. The van der Waals surface area contributed by atoms with Gasteiger partial charge in [0.15, 0.2) is 22.4 Å². The Hall–Kier alpha value is -3.08. The lowest BCUT2D eigenvalue weighted by Crippen LogP contribution is -2.44. The van der Waals surface area contributed by atoms with Gasteiger partial charge >= 0.3 is 5.97 Å². The van der Waals surface area contributed by atoms with E-state index in [0.717, 1.165) is 16.8 Å². The fourth-order valence-electron chi connectivity index (χ4n) is 2.72. The van der Waals surface area contributed by atoms with Crippen molar-refractivity contribution in [3.05, 3.63) is 63.5 Å². The van der Waals surface area contributed by atoms with E-state index in [4.69, 9.17) is 38.0 Å². The van der Waals surface area contributed by atoms with Gasteiger partial charge in [0.05, 0.1) is 18.6 Å². The smallest absolute Gasteiger partial charge is 0.344 e. The highest BCUT2D eigenvalue weighted by Crippen LogP contribution is 2.34. The summed E-state index contributed by atoms with van der Waals surface area (Å²) < 4.78 is 15.8. The molecule has 0 radical (unpaired) electrons. The normalized spacial score (nSPS) is 14.4. The van der Waals surface area contributed by atoms with Gasteiger partial charge < -0.3 is 14.2 Å². The van der Waals surface area contributed by atoms with Gasteiger partial charge in [-0.1, -0.05) is 29.4 Å². The fraction of sp³-hybridized carbons (Fsp3) is 0.182. The third-order valence-electron chi connectivity index (χ3n) is 4.25. The van der Waals surface area contributed by atoms with Crippen LogP contribution in [0, 0.1) is 0 Å². The van der Waals surface area contributed by atoms with Crippen LogP contribution >= 0.6 is 35.6 Å². The van der Waals surface area contributed by atoms with E-state index in [-0.39, 0.29) is 17.5 Å². The van der Waals surface area contributed by atoms with Crippen molar-refractivity contribution in [3.63, 3.8) is 0 Å². The summed E-state index contributed by atoms with van der Waals surface area (Å²) in [4.78, 5) is 37.2. The average molecular weight is 507 g/mol. The minimum atomic E-state index is -0.512. The van der Waals surface area contributed by atoms with Gasteiger partial charge in [0, 0.05) is 10.6 Å². The first-order valence-electron chi connectivity index (χ1n) is 9.63. The zero-order valence-corrected chi connectivity index (χ0v) is 20.0. The molecule has 1 heterocycles. The van der Waals surface area contributed by atoms with Crippen LogP contribution in [-0.2, 0) is 14.3 Å². The number of hydrogen-bond acceptors (Lipinski definition) is 8. The summed E-state index contributed by atoms with van der Waals surface area (Å²) in [7, 11) is 1.47. The van der Waals surface area contributed by atoms with Gasteiger partial charge in [-0.2, -0.15) is 5.01 Å². The molecule has 2 aromatic rings. The first kappa shape index (κ1) is 24.6. The molecule has 0 atom stereocenters. The Morgan fingerprint density at radius 3 is 2.58 bits per heavy atom. The average Bonchev–Trinajstić information content (AvgIpc) is 3.05.